The Hall–Kier alpha value is -1.02. The van der Waals surface area contributed by atoms with Gasteiger partial charge in [-0.3, -0.25) is 0 Å². The molecule has 0 amide bonds. The van der Waals surface area contributed by atoms with E-state index in [0.717, 1.165) is 25.9 Å². The first-order chi connectivity index (χ1) is 7.58. The van der Waals surface area contributed by atoms with Crippen molar-refractivity contribution in [3.05, 3.63) is 28.8 Å². The van der Waals surface area contributed by atoms with Gasteiger partial charge >= 0.3 is 0 Å². The minimum atomic E-state index is 0.406. The second-order valence-corrected chi connectivity index (χ2v) is 5.05. The Labute approximate surface area is 98.4 Å². The van der Waals surface area contributed by atoms with Crippen molar-refractivity contribution in [2.24, 2.45) is 5.73 Å². The fourth-order valence-electron chi connectivity index (χ4n) is 2.43. The number of aryl methyl sites for hydroxylation is 3. The van der Waals surface area contributed by atoms with Crippen LogP contribution in [0.4, 0.5) is 5.69 Å². The highest BCUT2D eigenvalue weighted by Gasteiger charge is 2.17. The van der Waals surface area contributed by atoms with E-state index in [-0.39, 0.29) is 0 Å². The van der Waals surface area contributed by atoms with Crippen LogP contribution in [0, 0.1) is 20.8 Å². The summed E-state index contributed by atoms with van der Waals surface area (Å²) in [5.41, 5.74) is 11.5. The number of anilines is 1. The minimum absolute atomic E-state index is 0.406. The summed E-state index contributed by atoms with van der Waals surface area (Å²) in [5, 5.41) is 0. The third kappa shape index (κ3) is 2.22. The third-order valence-corrected chi connectivity index (χ3v) is 3.69. The molecule has 0 aromatic heterocycles. The van der Waals surface area contributed by atoms with E-state index in [1.165, 1.54) is 22.4 Å². The van der Waals surface area contributed by atoms with E-state index in [1.54, 1.807) is 0 Å². The number of benzene rings is 1. The van der Waals surface area contributed by atoms with E-state index in [1.807, 2.05) is 0 Å². The maximum atomic E-state index is 5.94. The van der Waals surface area contributed by atoms with Crippen molar-refractivity contribution in [3.8, 4) is 0 Å². The molecule has 0 saturated carbocycles. The molecule has 88 valence electrons. The monoisotopic (exact) mass is 218 g/mol. The van der Waals surface area contributed by atoms with Gasteiger partial charge in [-0.15, -0.1) is 0 Å². The van der Waals surface area contributed by atoms with Crippen LogP contribution in [0.5, 0.6) is 0 Å². The van der Waals surface area contributed by atoms with Crippen molar-refractivity contribution in [3.63, 3.8) is 0 Å². The van der Waals surface area contributed by atoms with Crippen molar-refractivity contribution in [1.29, 1.82) is 0 Å². The van der Waals surface area contributed by atoms with E-state index in [9.17, 15) is 0 Å². The largest absolute Gasteiger partial charge is 0.371 e. The first-order valence-electron chi connectivity index (χ1n) is 6.16. The van der Waals surface area contributed by atoms with Gasteiger partial charge in [0.25, 0.3) is 0 Å². The fraction of sp³-hybridized carbons (Fsp3) is 0.571. The molecule has 1 fully saturated rings. The average Bonchev–Trinajstić information content (AvgIpc) is 2.25. The second kappa shape index (κ2) is 4.46. The number of piperidine rings is 1. The van der Waals surface area contributed by atoms with Crippen LogP contribution in [0.1, 0.15) is 29.5 Å². The Morgan fingerprint density at radius 2 is 1.56 bits per heavy atom. The Bertz CT molecular complexity index is 377. The lowest BCUT2D eigenvalue weighted by atomic mass is 10.0. The molecular weight excluding hydrogens is 196 g/mol. The molecule has 1 aliphatic rings. The predicted molar refractivity (Wildman–Crippen MR) is 70.1 cm³/mol. The molecule has 2 rings (SSSR count). The third-order valence-electron chi connectivity index (χ3n) is 3.69. The number of hydrogen-bond acceptors (Lipinski definition) is 2. The van der Waals surface area contributed by atoms with Crippen molar-refractivity contribution in [2.75, 3.05) is 18.0 Å². The summed E-state index contributed by atoms with van der Waals surface area (Å²) in [7, 11) is 0. The topological polar surface area (TPSA) is 29.3 Å². The summed E-state index contributed by atoms with van der Waals surface area (Å²) in [5.74, 6) is 0. The summed E-state index contributed by atoms with van der Waals surface area (Å²) < 4.78 is 0. The van der Waals surface area contributed by atoms with Gasteiger partial charge in [-0.1, -0.05) is 6.07 Å². The highest BCUT2D eigenvalue weighted by molar-refractivity contribution is 5.57. The molecule has 0 atom stereocenters. The molecule has 2 heteroatoms. The van der Waals surface area contributed by atoms with Gasteiger partial charge in [-0.2, -0.15) is 0 Å². The van der Waals surface area contributed by atoms with E-state index >= 15 is 0 Å². The number of hydrogen-bond donors (Lipinski definition) is 1. The summed E-state index contributed by atoms with van der Waals surface area (Å²) in [6, 6.07) is 5.02. The lowest BCUT2D eigenvalue weighted by molar-refractivity contribution is 0.501. The van der Waals surface area contributed by atoms with Gasteiger partial charge in [0.05, 0.1) is 0 Å². The smallest absolute Gasteiger partial charge is 0.0398 e. The molecule has 1 heterocycles. The fourth-order valence-corrected chi connectivity index (χ4v) is 2.43. The molecule has 2 N–H and O–H groups in total. The molecule has 1 aromatic rings. The first kappa shape index (κ1) is 11.5. The van der Waals surface area contributed by atoms with Gasteiger partial charge in [-0.25, -0.2) is 0 Å². The Morgan fingerprint density at radius 1 is 1.00 bits per heavy atom. The molecular formula is C14H22N2. The van der Waals surface area contributed by atoms with Crippen molar-refractivity contribution >= 4 is 5.69 Å². The van der Waals surface area contributed by atoms with Gasteiger partial charge in [-0.05, 0) is 56.4 Å². The van der Waals surface area contributed by atoms with Crippen molar-refractivity contribution < 1.29 is 0 Å². The Balaban J connectivity index is 2.23. The Morgan fingerprint density at radius 3 is 2.19 bits per heavy atom. The molecule has 0 unspecified atom stereocenters. The standard InChI is InChI=1S/C14H22N2/c1-10-8-12(3)14(9-11(10)2)16-6-4-13(15)5-7-16/h8-9,13H,4-7,15H2,1-3H3. The van der Waals surface area contributed by atoms with E-state index in [0.29, 0.717) is 6.04 Å². The molecule has 1 saturated heterocycles. The van der Waals surface area contributed by atoms with Gasteiger partial charge in [0.2, 0.25) is 0 Å². The van der Waals surface area contributed by atoms with E-state index in [2.05, 4.69) is 37.8 Å². The molecule has 0 aliphatic carbocycles. The molecule has 2 nitrogen and oxygen atoms in total. The summed E-state index contributed by atoms with van der Waals surface area (Å²) in [4.78, 5) is 2.48. The first-order valence-corrected chi connectivity index (χ1v) is 6.16. The molecule has 0 spiro atoms. The van der Waals surface area contributed by atoms with Crippen LogP contribution < -0.4 is 10.6 Å². The zero-order valence-corrected chi connectivity index (χ0v) is 10.6. The zero-order chi connectivity index (χ0) is 11.7. The number of rotatable bonds is 1. The van der Waals surface area contributed by atoms with Crippen molar-refractivity contribution in [1.82, 2.24) is 0 Å². The highest BCUT2D eigenvalue weighted by Crippen LogP contribution is 2.26. The minimum Gasteiger partial charge on any atom is -0.371 e. The molecule has 0 bridgehead atoms. The van der Waals surface area contributed by atoms with Crippen LogP contribution in [0.3, 0.4) is 0 Å². The van der Waals surface area contributed by atoms with Crippen molar-refractivity contribution in [2.45, 2.75) is 39.7 Å². The van der Waals surface area contributed by atoms with Crippen LogP contribution in [-0.4, -0.2) is 19.1 Å². The second-order valence-electron chi connectivity index (χ2n) is 5.05. The SMILES string of the molecule is Cc1cc(C)c(N2CCC(N)CC2)cc1C. The quantitative estimate of drug-likeness (QED) is 0.785. The van der Waals surface area contributed by atoms with Crippen LogP contribution >= 0.6 is 0 Å². The maximum Gasteiger partial charge on any atom is 0.0398 e. The van der Waals surface area contributed by atoms with E-state index in [4.69, 9.17) is 5.73 Å². The lowest BCUT2D eigenvalue weighted by Crippen LogP contribution is -2.40. The van der Waals surface area contributed by atoms with Crippen LogP contribution in [0.15, 0.2) is 12.1 Å². The van der Waals surface area contributed by atoms with Crippen LogP contribution in [-0.2, 0) is 0 Å². The molecule has 0 radical (unpaired) electrons. The van der Waals surface area contributed by atoms with Gasteiger partial charge in [0.1, 0.15) is 0 Å². The predicted octanol–water partition coefficient (Wildman–Crippen LogP) is 2.54. The summed E-state index contributed by atoms with van der Waals surface area (Å²) in [6.07, 6.45) is 2.23. The Kier molecular flexibility index (Phi) is 3.20. The molecule has 1 aliphatic heterocycles. The summed E-state index contributed by atoms with van der Waals surface area (Å²) in [6.45, 7) is 8.78. The zero-order valence-electron chi connectivity index (χ0n) is 10.6. The molecule has 1 aromatic carbocycles. The molecule has 16 heavy (non-hydrogen) atoms. The number of nitrogens with zero attached hydrogens (tertiary/aromatic N) is 1. The summed E-state index contributed by atoms with van der Waals surface area (Å²) >= 11 is 0. The van der Waals surface area contributed by atoms with Gasteiger partial charge < -0.3 is 10.6 Å². The average molecular weight is 218 g/mol. The van der Waals surface area contributed by atoms with E-state index < -0.39 is 0 Å². The van der Waals surface area contributed by atoms with Gasteiger partial charge in [0.15, 0.2) is 0 Å². The normalized spacial score (nSPS) is 17.9. The highest BCUT2D eigenvalue weighted by atomic mass is 15.1. The van der Waals surface area contributed by atoms with Crippen LogP contribution in [0.25, 0.3) is 0 Å². The van der Waals surface area contributed by atoms with Crippen LogP contribution in [0.2, 0.25) is 0 Å². The lowest BCUT2D eigenvalue weighted by Gasteiger charge is -2.33. The number of nitrogens with two attached hydrogens (primary N) is 1. The maximum absolute atomic E-state index is 5.94. The van der Waals surface area contributed by atoms with Gasteiger partial charge in [0, 0.05) is 24.8 Å².